The van der Waals surface area contributed by atoms with Gasteiger partial charge in [-0.1, -0.05) is 6.08 Å². The molecule has 0 aliphatic carbocycles. The summed E-state index contributed by atoms with van der Waals surface area (Å²) in [6.45, 7) is 6.09. The molecule has 0 aliphatic rings. The van der Waals surface area contributed by atoms with E-state index >= 15 is 0 Å². The fourth-order valence-corrected chi connectivity index (χ4v) is 1.44. The van der Waals surface area contributed by atoms with Crippen LogP contribution in [0.2, 0.25) is 0 Å². The van der Waals surface area contributed by atoms with E-state index in [4.69, 9.17) is 5.73 Å². The topological polar surface area (TPSA) is 60.1 Å². The number of nitrogens with zero attached hydrogens (tertiary/aromatic N) is 1. The number of hydrogen-bond acceptors (Lipinski definition) is 2. The van der Waals surface area contributed by atoms with E-state index in [-0.39, 0.29) is 5.91 Å². The molecule has 1 heterocycles. The monoisotopic (exact) mass is 221 g/mol. The molecule has 1 rings (SSSR count). The third-order valence-corrected chi connectivity index (χ3v) is 2.68. The lowest BCUT2D eigenvalue weighted by molar-refractivity contribution is -0.122. The Bertz CT molecular complexity index is 382. The van der Waals surface area contributed by atoms with Crippen molar-refractivity contribution in [1.29, 1.82) is 0 Å². The molecule has 0 saturated heterocycles. The molecule has 88 valence electrons. The van der Waals surface area contributed by atoms with E-state index in [1.807, 2.05) is 30.7 Å². The summed E-state index contributed by atoms with van der Waals surface area (Å²) in [6, 6.07) is 3.51. The molecule has 0 aromatic carbocycles. The van der Waals surface area contributed by atoms with E-state index in [1.54, 1.807) is 6.08 Å². The van der Waals surface area contributed by atoms with Crippen molar-refractivity contribution in [2.45, 2.75) is 25.9 Å². The van der Waals surface area contributed by atoms with Crippen LogP contribution in [0.25, 0.3) is 0 Å². The van der Waals surface area contributed by atoms with Crippen LogP contribution in [-0.4, -0.2) is 16.5 Å². The first-order valence-corrected chi connectivity index (χ1v) is 5.31. The minimum atomic E-state index is -0.501. The van der Waals surface area contributed by atoms with E-state index < -0.39 is 6.04 Å². The first kappa shape index (κ1) is 12.5. The van der Waals surface area contributed by atoms with Gasteiger partial charge in [-0.25, -0.2) is 0 Å². The number of amides is 1. The summed E-state index contributed by atoms with van der Waals surface area (Å²) in [5.41, 5.74) is 7.88. The van der Waals surface area contributed by atoms with Crippen molar-refractivity contribution in [2.24, 2.45) is 12.8 Å². The quantitative estimate of drug-likeness (QED) is 0.724. The van der Waals surface area contributed by atoms with Crippen LogP contribution in [0.15, 0.2) is 24.8 Å². The predicted octanol–water partition coefficient (Wildman–Crippen LogP) is 0.853. The lowest BCUT2D eigenvalue weighted by Gasteiger charge is -2.11. The Balaban J connectivity index is 2.49. The summed E-state index contributed by atoms with van der Waals surface area (Å²) in [5.74, 6) is -0.140. The van der Waals surface area contributed by atoms with Gasteiger partial charge in [-0.2, -0.15) is 0 Å². The average Bonchev–Trinajstić information content (AvgIpc) is 2.57. The molecular formula is C12H19N3O. The molecule has 0 fully saturated rings. The van der Waals surface area contributed by atoms with Crippen LogP contribution in [-0.2, 0) is 18.4 Å². The van der Waals surface area contributed by atoms with E-state index in [1.165, 1.54) is 5.69 Å². The lowest BCUT2D eigenvalue weighted by atomic mass is 10.2. The molecule has 1 amide bonds. The minimum Gasteiger partial charge on any atom is -0.350 e. The largest absolute Gasteiger partial charge is 0.350 e. The molecule has 16 heavy (non-hydrogen) atoms. The molecule has 1 aromatic rings. The third kappa shape index (κ3) is 2.97. The maximum absolute atomic E-state index is 11.5. The highest BCUT2D eigenvalue weighted by Gasteiger charge is 2.11. The van der Waals surface area contributed by atoms with Crippen LogP contribution in [0.1, 0.15) is 17.8 Å². The second kappa shape index (κ2) is 5.51. The van der Waals surface area contributed by atoms with Gasteiger partial charge in [0.05, 0.1) is 12.6 Å². The standard InChI is InChI=1S/C12H19N3O/c1-4-5-11(13)12(16)14-8-10-7-6-9(2)15(10)3/h4,6-7,11H,1,5,8,13H2,2-3H3,(H,14,16). The van der Waals surface area contributed by atoms with Crippen molar-refractivity contribution < 1.29 is 4.79 Å². The zero-order chi connectivity index (χ0) is 12.1. The number of rotatable bonds is 5. The Morgan fingerprint density at radius 3 is 2.88 bits per heavy atom. The smallest absolute Gasteiger partial charge is 0.237 e. The number of carbonyl (C=O) groups is 1. The van der Waals surface area contributed by atoms with Crippen molar-refractivity contribution in [1.82, 2.24) is 9.88 Å². The van der Waals surface area contributed by atoms with Gasteiger partial charge in [0, 0.05) is 18.4 Å². The van der Waals surface area contributed by atoms with Gasteiger partial charge in [0.15, 0.2) is 0 Å². The molecule has 4 nitrogen and oxygen atoms in total. The Hall–Kier alpha value is -1.55. The fourth-order valence-electron chi connectivity index (χ4n) is 1.44. The second-order valence-corrected chi connectivity index (χ2v) is 3.87. The highest BCUT2D eigenvalue weighted by atomic mass is 16.2. The summed E-state index contributed by atoms with van der Waals surface area (Å²) in [6.07, 6.45) is 2.15. The van der Waals surface area contributed by atoms with Crippen LogP contribution in [0.3, 0.4) is 0 Å². The highest BCUT2D eigenvalue weighted by molar-refractivity contribution is 5.81. The normalized spacial score (nSPS) is 12.2. The summed E-state index contributed by atoms with van der Waals surface area (Å²) in [4.78, 5) is 11.5. The molecule has 0 aliphatic heterocycles. The molecule has 0 spiro atoms. The maximum atomic E-state index is 11.5. The molecule has 0 radical (unpaired) electrons. The van der Waals surface area contributed by atoms with Crippen LogP contribution in [0, 0.1) is 6.92 Å². The lowest BCUT2D eigenvalue weighted by Crippen LogP contribution is -2.40. The number of hydrogen-bond donors (Lipinski definition) is 2. The van der Waals surface area contributed by atoms with Crippen molar-refractivity contribution >= 4 is 5.91 Å². The summed E-state index contributed by atoms with van der Waals surface area (Å²) >= 11 is 0. The van der Waals surface area contributed by atoms with Crippen molar-refractivity contribution in [3.05, 3.63) is 36.2 Å². The van der Waals surface area contributed by atoms with Crippen LogP contribution in [0.4, 0.5) is 0 Å². The number of aromatic nitrogens is 1. The van der Waals surface area contributed by atoms with Crippen LogP contribution in [0.5, 0.6) is 0 Å². The highest BCUT2D eigenvalue weighted by Crippen LogP contribution is 2.05. The van der Waals surface area contributed by atoms with Gasteiger partial charge in [0.2, 0.25) is 5.91 Å². The molecule has 0 saturated carbocycles. The summed E-state index contributed by atoms with van der Waals surface area (Å²) in [7, 11) is 1.97. The molecule has 1 atom stereocenters. The van der Waals surface area contributed by atoms with E-state index in [0.717, 1.165) is 5.69 Å². The van der Waals surface area contributed by atoms with Crippen molar-refractivity contribution in [3.8, 4) is 0 Å². The van der Waals surface area contributed by atoms with E-state index in [2.05, 4.69) is 11.9 Å². The predicted molar refractivity (Wildman–Crippen MR) is 64.8 cm³/mol. The fraction of sp³-hybridized carbons (Fsp3) is 0.417. The van der Waals surface area contributed by atoms with Gasteiger partial charge in [-0.05, 0) is 25.5 Å². The average molecular weight is 221 g/mol. The zero-order valence-electron chi connectivity index (χ0n) is 9.86. The Kier molecular flexibility index (Phi) is 4.31. The second-order valence-electron chi connectivity index (χ2n) is 3.87. The van der Waals surface area contributed by atoms with E-state index in [0.29, 0.717) is 13.0 Å². The summed E-state index contributed by atoms with van der Waals surface area (Å²) in [5, 5.41) is 2.81. The Morgan fingerprint density at radius 1 is 1.69 bits per heavy atom. The SMILES string of the molecule is C=CCC(N)C(=O)NCc1ccc(C)n1C. The first-order valence-electron chi connectivity index (χ1n) is 5.31. The van der Waals surface area contributed by atoms with Gasteiger partial charge in [0.1, 0.15) is 0 Å². The van der Waals surface area contributed by atoms with E-state index in [9.17, 15) is 4.79 Å². The van der Waals surface area contributed by atoms with Gasteiger partial charge < -0.3 is 15.6 Å². The molecular weight excluding hydrogens is 202 g/mol. The Labute approximate surface area is 96.1 Å². The maximum Gasteiger partial charge on any atom is 0.237 e. The van der Waals surface area contributed by atoms with Crippen molar-refractivity contribution in [2.75, 3.05) is 0 Å². The van der Waals surface area contributed by atoms with Gasteiger partial charge in [-0.3, -0.25) is 4.79 Å². The number of nitrogens with one attached hydrogen (secondary N) is 1. The molecule has 1 unspecified atom stereocenters. The summed E-state index contributed by atoms with van der Waals surface area (Å²) < 4.78 is 2.04. The molecule has 1 aromatic heterocycles. The number of aryl methyl sites for hydroxylation is 1. The molecule has 3 N–H and O–H groups in total. The first-order chi connectivity index (χ1) is 7.56. The number of nitrogens with two attached hydrogens (primary N) is 1. The third-order valence-electron chi connectivity index (χ3n) is 2.68. The van der Waals surface area contributed by atoms with Gasteiger partial charge >= 0.3 is 0 Å². The van der Waals surface area contributed by atoms with Crippen LogP contribution >= 0.6 is 0 Å². The Morgan fingerprint density at radius 2 is 2.38 bits per heavy atom. The van der Waals surface area contributed by atoms with Gasteiger partial charge in [0.25, 0.3) is 0 Å². The zero-order valence-corrected chi connectivity index (χ0v) is 9.86. The number of carbonyl (C=O) groups excluding carboxylic acids is 1. The molecule has 0 bridgehead atoms. The van der Waals surface area contributed by atoms with Crippen molar-refractivity contribution in [3.63, 3.8) is 0 Å². The van der Waals surface area contributed by atoms with Gasteiger partial charge in [-0.15, -0.1) is 6.58 Å². The van der Waals surface area contributed by atoms with Crippen LogP contribution < -0.4 is 11.1 Å². The molecule has 4 heteroatoms. The minimum absolute atomic E-state index is 0.140.